The van der Waals surface area contributed by atoms with Crippen LogP contribution in [0.2, 0.25) is 0 Å². The van der Waals surface area contributed by atoms with E-state index in [0.29, 0.717) is 5.92 Å². The van der Waals surface area contributed by atoms with Crippen LogP contribution in [-0.4, -0.2) is 11.2 Å². The molecule has 1 N–H and O–H groups in total. The molecule has 2 aromatic carbocycles. The zero-order chi connectivity index (χ0) is 16.1. The van der Waals surface area contributed by atoms with E-state index in [9.17, 15) is 4.79 Å². The van der Waals surface area contributed by atoms with Crippen LogP contribution < -0.4 is 5.32 Å². The standard InChI is InChI=1S/C19H23NOS/c1-13(2)16-9-11-17(12-10-16)22-15(4)19(21)20-18-8-6-5-7-14(18)3/h5-13,15H,1-4H3,(H,20,21). The minimum Gasteiger partial charge on any atom is -0.325 e. The molecule has 0 saturated carbocycles. The van der Waals surface area contributed by atoms with E-state index in [4.69, 9.17) is 0 Å². The second-order valence-corrected chi connectivity index (χ2v) is 7.20. The number of benzene rings is 2. The van der Waals surface area contributed by atoms with Crippen molar-refractivity contribution in [3.63, 3.8) is 0 Å². The number of aryl methyl sites for hydroxylation is 1. The molecule has 2 aromatic rings. The van der Waals surface area contributed by atoms with Crippen LogP contribution in [0.5, 0.6) is 0 Å². The van der Waals surface area contributed by atoms with Gasteiger partial charge >= 0.3 is 0 Å². The molecule has 0 aliphatic heterocycles. The number of para-hydroxylation sites is 1. The number of amides is 1. The molecule has 0 saturated heterocycles. The number of carbonyl (C=O) groups is 1. The van der Waals surface area contributed by atoms with Gasteiger partial charge in [0, 0.05) is 10.6 Å². The molecule has 0 spiro atoms. The summed E-state index contributed by atoms with van der Waals surface area (Å²) in [6, 6.07) is 16.3. The molecule has 0 radical (unpaired) electrons. The van der Waals surface area contributed by atoms with Gasteiger partial charge in [-0.05, 0) is 49.1 Å². The number of hydrogen-bond donors (Lipinski definition) is 1. The lowest BCUT2D eigenvalue weighted by atomic mass is 10.0. The topological polar surface area (TPSA) is 29.1 Å². The van der Waals surface area contributed by atoms with Gasteiger partial charge in [-0.3, -0.25) is 4.79 Å². The van der Waals surface area contributed by atoms with E-state index in [1.165, 1.54) is 5.56 Å². The fourth-order valence-electron chi connectivity index (χ4n) is 2.14. The number of thioether (sulfide) groups is 1. The normalized spacial score (nSPS) is 12.2. The van der Waals surface area contributed by atoms with Crippen molar-refractivity contribution < 1.29 is 4.79 Å². The summed E-state index contributed by atoms with van der Waals surface area (Å²) in [5.74, 6) is 0.563. The van der Waals surface area contributed by atoms with E-state index < -0.39 is 0 Å². The average Bonchev–Trinajstić information content (AvgIpc) is 2.50. The molecular formula is C19H23NOS. The first-order valence-corrected chi connectivity index (χ1v) is 8.48. The van der Waals surface area contributed by atoms with E-state index in [1.807, 2.05) is 38.1 Å². The maximum Gasteiger partial charge on any atom is 0.237 e. The Hall–Kier alpha value is -1.74. The minimum absolute atomic E-state index is 0.0345. The van der Waals surface area contributed by atoms with Gasteiger partial charge in [-0.1, -0.05) is 44.2 Å². The molecule has 0 bridgehead atoms. The lowest BCUT2D eigenvalue weighted by molar-refractivity contribution is -0.115. The van der Waals surface area contributed by atoms with Crippen molar-refractivity contribution in [1.29, 1.82) is 0 Å². The predicted molar refractivity (Wildman–Crippen MR) is 95.7 cm³/mol. The van der Waals surface area contributed by atoms with Crippen molar-refractivity contribution in [2.24, 2.45) is 0 Å². The van der Waals surface area contributed by atoms with Gasteiger partial charge in [0.25, 0.3) is 0 Å². The maximum atomic E-state index is 12.3. The van der Waals surface area contributed by atoms with Crippen molar-refractivity contribution in [2.75, 3.05) is 5.32 Å². The van der Waals surface area contributed by atoms with Gasteiger partial charge in [-0.2, -0.15) is 0 Å². The third-order valence-corrected chi connectivity index (χ3v) is 4.74. The molecule has 2 rings (SSSR count). The Morgan fingerprint density at radius 1 is 1.00 bits per heavy atom. The fourth-order valence-corrected chi connectivity index (χ4v) is 3.00. The van der Waals surface area contributed by atoms with E-state index in [2.05, 4.69) is 43.4 Å². The molecule has 0 fully saturated rings. The molecule has 1 amide bonds. The SMILES string of the molecule is Cc1ccccc1NC(=O)C(C)Sc1ccc(C(C)C)cc1. The summed E-state index contributed by atoms with van der Waals surface area (Å²) in [6.45, 7) is 8.30. The van der Waals surface area contributed by atoms with Crippen molar-refractivity contribution in [1.82, 2.24) is 0 Å². The van der Waals surface area contributed by atoms with Crippen molar-refractivity contribution in [3.05, 3.63) is 59.7 Å². The zero-order valence-electron chi connectivity index (χ0n) is 13.6. The highest BCUT2D eigenvalue weighted by atomic mass is 32.2. The summed E-state index contributed by atoms with van der Waals surface area (Å²) in [4.78, 5) is 13.4. The average molecular weight is 313 g/mol. The van der Waals surface area contributed by atoms with Crippen molar-refractivity contribution in [2.45, 2.75) is 43.8 Å². The third-order valence-electron chi connectivity index (χ3n) is 3.63. The molecule has 116 valence electrons. The minimum atomic E-state index is -0.135. The highest BCUT2D eigenvalue weighted by Crippen LogP contribution is 2.26. The van der Waals surface area contributed by atoms with E-state index in [0.717, 1.165) is 16.1 Å². The quantitative estimate of drug-likeness (QED) is 0.765. The van der Waals surface area contributed by atoms with Crippen LogP contribution in [0.25, 0.3) is 0 Å². The molecule has 2 nitrogen and oxygen atoms in total. The molecule has 0 aliphatic rings. The Morgan fingerprint density at radius 3 is 2.23 bits per heavy atom. The Morgan fingerprint density at radius 2 is 1.64 bits per heavy atom. The van der Waals surface area contributed by atoms with Crippen LogP contribution >= 0.6 is 11.8 Å². The molecule has 0 aliphatic carbocycles. The van der Waals surface area contributed by atoms with Crippen LogP contribution in [0.15, 0.2) is 53.4 Å². The van der Waals surface area contributed by atoms with Crippen LogP contribution in [0.1, 0.15) is 37.8 Å². The lowest BCUT2D eigenvalue weighted by Crippen LogP contribution is -2.22. The smallest absolute Gasteiger partial charge is 0.237 e. The van der Waals surface area contributed by atoms with Gasteiger partial charge in [0.1, 0.15) is 0 Å². The van der Waals surface area contributed by atoms with E-state index in [1.54, 1.807) is 11.8 Å². The van der Waals surface area contributed by atoms with Crippen LogP contribution in [0.3, 0.4) is 0 Å². The van der Waals surface area contributed by atoms with E-state index >= 15 is 0 Å². The first kappa shape index (κ1) is 16.6. The summed E-state index contributed by atoms with van der Waals surface area (Å²) in [5.41, 5.74) is 3.28. The first-order chi connectivity index (χ1) is 10.5. The number of rotatable bonds is 5. The van der Waals surface area contributed by atoms with Crippen molar-refractivity contribution in [3.8, 4) is 0 Å². The molecule has 0 heterocycles. The Bertz CT molecular complexity index is 634. The van der Waals surface area contributed by atoms with Crippen LogP contribution in [0, 0.1) is 6.92 Å². The second kappa shape index (κ2) is 7.50. The summed E-state index contributed by atoms with van der Waals surface area (Å²) in [6.07, 6.45) is 0. The number of hydrogen-bond acceptors (Lipinski definition) is 2. The van der Waals surface area contributed by atoms with Gasteiger partial charge in [-0.15, -0.1) is 11.8 Å². The predicted octanol–water partition coefficient (Wildman–Crippen LogP) is 5.24. The molecule has 0 aromatic heterocycles. The fraction of sp³-hybridized carbons (Fsp3) is 0.316. The van der Waals surface area contributed by atoms with Gasteiger partial charge in [0.15, 0.2) is 0 Å². The first-order valence-electron chi connectivity index (χ1n) is 7.60. The molecule has 1 unspecified atom stereocenters. The van der Waals surface area contributed by atoms with Crippen molar-refractivity contribution >= 4 is 23.4 Å². The Kier molecular flexibility index (Phi) is 5.67. The monoisotopic (exact) mass is 313 g/mol. The van der Waals surface area contributed by atoms with Gasteiger partial charge in [0.05, 0.1) is 5.25 Å². The Labute approximate surface area is 137 Å². The zero-order valence-corrected chi connectivity index (χ0v) is 14.4. The third kappa shape index (κ3) is 4.38. The molecule has 1 atom stereocenters. The number of nitrogens with one attached hydrogen (secondary N) is 1. The second-order valence-electron chi connectivity index (χ2n) is 5.79. The van der Waals surface area contributed by atoms with E-state index in [-0.39, 0.29) is 11.2 Å². The summed E-state index contributed by atoms with van der Waals surface area (Å²) < 4.78 is 0. The number of carbonyl (C=O) groups excluding carboxylic acids is 1. The molecule has 3 heteroatoms. The molecule has 22 heavy (non-hydrogen) atoms. The Balaban J connectivity index is 1.98. The molecular weight excluding hydrogens is 290 g/mol. The largest absolute Gasteiger partial charge is 0.325 e. The summed E-state index contributed by atoms with van der Waals surface area (Å²) in [5, 5.41) is 2.87. The maximum absolute atomic E-state index is 12.3. The summed E-state index contributed by atoms with van der Waals surface area (Å²) in [7, 11) is 0. The summed E-state index contributed by atoms with van der Waals surface area (Å²) >= 11 is 1.59. The van der Waals surface area contributed by atoms with Crippen LogP contribution in [-0.2, 0) is 4.79 Å². The number of anilines is 1. The van der Waals surface area contributed by atoms with Gasteiger partial charge in [-0.25, -0.2) is 0 Å². The highest BCUT2D eigenvalue weighted by Gasteiger charge is 2.15. The lowest BCUT2D eigenvalue weighted by Gasteiger charge is -2.14. The van der Waals surface area contributed by atoms with Gasteiger partial charge in [0.2, 0.25) is 5.91 Å². The highest BCUT2D eigenvalue weighted by molar-refractivity contribution is 8.00. The van der Waals surface area contributed by atoms with Crippen LogP contribution in [0.4, 0.5) is 5.69 Å². The van der Waals surface area contributed by atoms with Gasteiger partial charge < -0.3 is 5.32 Å².